The first-order valence-corrected chi connectivity index (χ1v) is 5.99. The predicted octanol–water partition coefficient (Wildman–Crippen LogP) is 1.58. The zero-order valence-corrected chi connectivity index (χ0v) is 11.7. The van der Waals surface area contributed by atoms with E-state index in [4.69, 9.17) is 9.47 Å². The summed E-state index contributed by atoms with van der Waals surface area (Å²) in [6, 6.07) is 3.45. The Morgan fingerprint density at radius 2 is 1.68 bits per heavy atom. The Morgan fingerprint density at radius 3 is 2.16 bits per heavy atom. The molecule has 0 heterocycles. The lowest BCUT2D eigenvalue weighted by Gasteiger charge is -2.13. The molecule has 0 spiro atoms. The minimum Gasteiger partial charge on any atom is -0.493 e. The molecule has 0 saturated heterocycles. The SMILES string of the molecule is COc1cc(CCNC(C)=O)c(C(C)=O)cc1OC. The monoisotopic (exact) mass is 265 g/mol. The number of benzene rings is 1. The maximum atomic E-state index is 11.6. The minimum absolute atomic E-state index is 0.0428. The summed E-state index contributed by atoms with van der Waals surface area (Å²) in [4.78, 5) is 22.5. The van der Waals surface area contributed by atoms with Crippen molar-refractivity contribution in [2.75, 3.05) is 20.8 Å². The average Bonchev–Trinajstić information content (AvgIpc) is 2.37. The highest BCUT2D eigenvalue weighted by Gasteiger charge is 2.14. The van der Waals surface area contributed by atoms with Crippen molar-refractivity contribution in [3.8, 4) is 11.5 Å². The van der Waals surface area contributed by atoms with E-state index in [0.29, 0.717) is 30.0 Å². The van der Waals surface area contributed by atoms with Gasteiger partial charge in [0.25, 0.3) is 0 Å². The number of hydrogen-bond donors (Lipinski definition) is 1. The van der Waals surface area contributed by atoms with Crippen LogP contribution >= 0.6 is 0 Å². The van der Waals surface area contributed by atoms with E-state index in [1.54, 1.807) is 19.2 Å². The number of amides is 1. The van der Waals surface area contributed by atoms with Gasteiger partial charge in [-0.1, -0.05) is 0 Å². The average molecular weight is 265 g/mol. The molecule has 19 heavy (non-hydrogen) atoms. The van der Waals surface area contributed by atoms with Gasteiger partial charge in [0.05, 0.1) is 14.2 Å². The van der Waals surface area contributed by atoms with E-state index in [2.05, 4.69) is 5.32 Å². The zero-order valence-electron chi connectivity index (χ0n) is 11.7. The third-order valence-corrected chi connectivity index (χ3v) is 2.76. The van der Waals surface area contributed by atoms with Crippen LogP contribution in [0.5, 0.6) is 11.5 Å². The van der Waals surface area contributed by atoms with E-state index >= 15 is 0 Å². The summed E-state index contributed by atoms with van der Waals surface area (Å²) in [7, 11) is 3.07. The number of methoxy groups -OCH3 is 2. The summed E-state index contributed by atoms with van der Waals surface area (Å²) in [6.07, 6.45) is 0.564. The van der Waals surface area contributed by atoms with Crippen LogP contribution < -0.4 is 14.8 Å². The molecule has 1 aromatic carbocycles. The lowest BCUT2D eigenvalue weighted by Crippen LogP contribution is -2.23. The molecular weight excluding hydrogens is 246 g/mol. The molecule has 0 saturated carbocycles. The quantitative estimate of drug-likeness (QED) is 0.793. The molecule has 5 heteroatoms. The van der Waals surface area contributed by atoms with Crippen molar-refractivity contribution in [2.24, 2.45) is 0 Å². The molecule has 0 bridgehead atoms. The van der Waals surface area contributed by atoms with Crippen molar-refractivity contribution in [1.29, 1.82) is 0 Å². The van der Waals surface area contributed by atoms with Crippen molar-refractivity contribution in [2.45, 2.75) is 20.3 Å². The summed E-state index contributed by atoms with van der Waals surface area (Å²) >= 11 is 0. The first-order valence-electron chi connectivity index (χ1n) is 5.99. The predicted molar refractivity (Wildman–Crippen MR) is 71.9 cm³/mol. The Kier molecular flexibility index (Phi) is 5.36. The summed E-state index contributed by atoms with van der Waals surface area (Å²) in [5, 5.41) is 2.70. The van der Waals surface area contributed by atoms with Crippen molar-refractivity contribution >= 4 is 11.7 Å². The number of Topliss-reactive ketones (excluding diaryl/α,β-unsaturated/α-hetero) is 1. The molecule has 0 aliphatic rings. The van der Waals surface area contributed by atoms with Gasteiger partial charge in [0.2, 0.25) is 5.91 Å². The standard InChI is InChI=1S/C14H19NO4/c1-9(16)12-8-14(19-4)13(18-3)7-11(12)5-6-15-10(2)17/h7-8H,5-6H2,1-4H3,(H,15,17). The fraction of sp³-hybridized carbons (Fsp3) is 0.429. The van der Waals surface area contributed by atoms with E-state index < -0.39 is 0 Å². The third-order valence-electron chi connectivity index (χ3n) is 2.76. The number of ether oxygens (including phenoxy) is 2. The lowest BCUT2D eigenvalue weighted by molar-refractivity contribution is -0.118. The van der Waals surface area contributed by atoms with Gasteiger partial charge in [-0.05, 0) is 31.0 Å². The molecule has 5 nitrogen and oxygen atoms in total. The highest BCUT2D eigenvalue weighted by atomic mass is 16.5. The van der Waals surface area contributed by atoms with Gasteiger partial charge in [0, 0.05) is 19.0 Å². The van der Waals surface area contributed by atoms with Crippen LogP contribution in [0.1, 0.15) is 29.8 Å². The summed E-state index contributed by atoms with van der Waals surface area (Å²) in [5.74, 6) is 0.963. The van der Waals surface area contributed by atoms with Gasteiger partial charge in [-0.3, -0.25) is 9.59 Å². The molecular formula is C14H19NO4. The molecule has 0 aromatic heterocycles. The van der Waals surface area contributed by atoms with Crippen LogP contribution in [0.3, 0.4) is 0 Å². The first-order chi connectivity index (χ1) is 8.99. The van der Waals surface area contributed by atoms with Crippen LogP contribution in [0.15, 0.2) is 12.1 Å². The molecule has 1 aromatic rings. The van der Waals surface area contributed by atoms with Crippen LogP contribution in [-0.2, 0) is 11.2 Å². The summed E-state index contributed by atoms with van der Waals surface area (Å²) in [5.41, 5.74) is 1.42. The fourth-order valence-corrected chi connectivity index (χ4v) is 1.83. The molecule has 104 valence electrons. The van der Waals surface area contributed by atoms with Gasteiger partial charge in [-0.15, -0.1) is 0 Å². The highest BCUT2D eigenvalue weighted by Crippen LogP contribution is 2.31. The molecule has 0 fully saturated rings. The van der Waals surface area contributed by atoms with Crippen LogP contribution in [0.2, 0.25) is 0 Å². The molecule has 0 radical (unpaired) electrons. The number of hydrogen-bond acceptors (Lipinski definition) is 4. The topological polar surface area (TPSA) is 64.6 Å². The Balaban J connectivity index is 3.05. The second-order valence-corrected chi connectivity index (χ2v) is 4.15. The van der Waals surface area contributed by atoms with Gasteiger partial charge < -0.3 is 14.8 Å². The van der Waals surface area contributed by atoms with Crippen molar-refractivity contribution in [3.05, 3.63) is 23.3 Å². The smallest absolute Gasteiger partial charge is 0.216 e. The van der Waals surface area contributed by atoms with Crippen molar-refractivity contribution in [3.63, 3.8) is 0 Å². The summed E-state index contributed by atoms with van der Waals surface area (Å²) in [6.45, 7) is 3.44. The lowest BCUT2D eigenvalue weighted by atomic mass is 10.0. The van der Waals surface area contributed by atoms with E-state index in [9.17, 15) is 9.59 Å². The second-order valence-electron chi connectivity index (χ2n) is 4.15. The Hall–Kier alpha value is -2.04. The summed E-state index contributed by atoms with van der Waals surface area (Å²) < 4.78 is 10.4. The van der Waals surface area contributed by atoms with E-state index in [1.165, 1.54) is 21.0 Å². The van der Waals surface area contributed by atoms with Gasteiger partial charge in [-0.25, -0.2) is 0 Å². The van der Waals surface area contributed by atoms with Gasteiger partial charge in [-0.2, -0.15) is 0 Å². The molecule has 1 N–H and O–H groups in total. The number of ketones is 1. The van der Waals surface area contributed by atoms with Gasteiger partial charge >= 0.3 is 0 Å². The Morgan fingerprint density at radius 1 is 1.11 bits per heavy atom. The van der Waals surface area contributed by atoms with Crippen LogP contribution in [0.4, 0.5) is 0 Å². The van der Waals surface area contributed by atoms with E-state index in [0.717, 1.165) is 5.56 Å². The zero-order chi connectivity index (χ0) is 14.4. The Labute approximate surface area is 112 Å². The third kappa shape index (κ3) is 3.98. The fourth-order valence-electron chi connectivity index (χ4n) is 1.83. The molecule has 1 rings (SSSR count). The first kappa shape index (κ1) is 15.0. The second kappa shape index (κ2) is 6.78. The van der Waals surface area contributed by atoms with Gasteiger partial charge in [0.15, 0.2) is 17.3 Å². The molecule has 1 amide bonds. The van der Waals surface area contributed by atoms with Gasteiger partial charge in [0.1, 0.15) is 0 Å². The van der Waals surface area contributed by atoms with Crippen LogP contribution in [0, 0.1) is 0 Å². The normalized spacial score (nSPS) is 9.89. The molecule has 0 atom stereocenters. The minimum atomic E-state index is -0.0927. The van der Waals surface area contributed by atoms with Crippen LogP contribution in [0.25, 0.3) is 0 Å². The Bertz CT molecular complexity index is 483. The highest BCUT2D eigenvalue weighted by molar-refractivity contribution is 5.96. The number of carbonyl (C=O) groups is 2. The number of rotatable bonds is 6. The van der Waals surface area contributed by atoms with Crippen LogP contribution in [-0.4, -0.2) is 32.5 Å². The number of nitrogens with one attached hydrogen (secondary N) is 1. The maximum Gasteiger partial charge on any atom is 0.216 e. The van der Waals surface area contributed by atoms with Crippen molar-refractivity contribution < 1.29 is 19.1 Å². The molecule has 0 aliphatic heterocycles. The van der Waals surface area contributed by atoms with E-state index in [1.807, 2.05) is 0 Å². The van der Waals surface area contributed by atoms with Crippen molar-refractivity contribution in [1.82, 2.24) is 5.32 Å². The number of carbonyl (C=O) groups excluding carboxylic acids is 2. The van der Waals surface area contributed by atoms with E-state index in [-0.39, 0.29) is 11.7 Å². The maximum absolute atomic E-state index is 11.6. The molecule has 0 unspecified atom stereocenters. The largest absolute Gasteiger partial charge is 0.493 e. The molecule has 0 aliphatic carbocycles.